The van der Waals surface area contributed by atoms with Crippen LogP contribution in [0, 0.1) is 0 Å². The Bertz CT molecular complexity index is 623. The Balaban J connectivity index is 2.46. The molecule has 0 spiro atoms. The van der Waals surface area contributed by atoms with Crippen LogP contribution in [0.1, 0.15) is 11.8 Å². The highest BCUT2D eigenvalue weighted by Crippen LogP contribution is 2.27. The van der Waals surface area contributed by atoms with E-state index in [4.69, 9.17) is 15.7 Å². The third kappa shape index (κ3) is 2.36. The van der Waals surface area contributed by atoms with Crippen LogP contribution < -0.4 is 17.1 Å². The number of nitrogens with one attached hydrogen (secondary N) is 1. The van der Waals surface area contributed by atoms with Gasteiger partial charge in [-0.3, -0.25) is 14.3 Å². The Hall–Kier alpha value is -2.01. The average Bonchev–Trinajstić information content (AvgIpc) is 2.70. The lowest BCUT2D eigenvalue weighted by Gasteiger charge is -2.17. The monoisotopic (exact) mass is 286 g/mol. The summed E-state index contributed by atoms with van der Waals surface area (Å²) in [6.45, 7) is -0.524. The number of aliphatic hydroxyl groups is 3. The lowest BCUT2D eigenvalue weighted by molar-refractivity contribution is -0.0550. The smallest absolute Gasteiger partial charge is 0.330 e. The van der Waals surface area contributed by atoms with E-state index < -0.39 is 42.4 Å². The van der Waals surface area contributed by atoms with Crippen LogP contribution in [0.4, 0.5) is 0 Å². The Kier molecular flexibility index (Phi) is 3.99. The van der Waals surface area contributed by atoms with Crippen LogP contribution in [0.5, 0.6) is 0 Å². The predicted molar refractivity (Wildman–Crippen MR) is 66.1 cm³/mol. The number of aromatic nitrogens is 2. The van der Waals surface area contributed by atoms with Crippen LogP contribution in [-0.4, -0.2) is 56.0 Å². The summed E-state index contributed by atoms with van der Waals surface area (Å²) in [5, 5.41) is 31.6. The molecule has 1 aliphatic rings. The van der Waals surface area contributed by atoms with Crippen molar-refractivity contribution in [3.63, 3.8) is 0 Å². The SMILES string of the molecule is NN=Cc1cn(C2O[C@H](CO)[C@@H](O)[C@H]2O)c(=O)[nH]c1=O. The molecular formula is C10H14N4O6. The van der Waals surface area contributed by atoms with Crippen molar-refractivity contribution >= 4 is 6.21 Å². The van der Waals surface area contributed by atoms with Gasteiger partial charge in [0.2, 0.25) is 0 Å². The number of hydrogen-bond acceptors (Lipinski definition) is 8. The maximum Gasteiger partial charge on any atom is 0.330 e. The van der Waals surface area contributed by atoms with Crippen LogP contribution >= 0.6 is 0 Å². The first-order chi connectivity index (χ1) is 9.49. The largest absolute Gasteiger partial charge is 0.394 e. The Labute approximate surface area is 111 Å². The number of nitrogens with two attached hydrogens (primary N) is 1. The first-order valence-corrected chi connectivity index (χ1v) is 5.70. The molecule has 1 aromatic heterocycles. The van der Waals surface area contributed by atoms with Gasteiger partial charge >= 0.3 is 5.69 Å². The zero-order valence-corrected chi connectivity index (χ0v) is 10.2. The molecule has 110 valence electrons. The van der Waals surface area contributed by atoms with Crippen molar-refractivity contribution in [1.82, 2.24) is 9.55 Å². The summed E-state index contributed by atoms with van der Waals surface area (Å²) < 4.78 is 6.08. The fourth-order valence-electron chi connectivity index (χ4n) is 1.97. The number of rotatable bonds is 3. The highest BCUT2D eigenvalue weighted by Gasteiger charge is 2.43. The van der Waals surface area contributed by atoms with E-state index in [1.165, 1.54) is 0 Å². The topological polar surface area (TPSA) is 163 Å². The van der Waals surface area contributed by atoms with Crippen LogP contribution in [0.2, 0.25) is 0 Å². The van der Waals surface area contributed by atoms with Crippen molar-refractivity contribution in [2.45, 2.75) is 24.5 Å². The van der Waals surface area contributed by atoms with Crippen molar-refractivity contribution in [3.8, 4) is 0 Å². The van der Waals surface area contributed by atoms with E-state index >= 15 is 0 Å². The number of hydrazone groups is 1. The van der Waals surface area contributed by atoms with E-state index in [1.54, 1.807) is 0 Å². The van der Waals surface area contributed by atoms with Crippen LogP contribution in [0.15, 0.2) is 20.9 Å². The molecule has 0 radical (unpaired) electrons. The fraction of sp³-hybridized carbons (Fsp3) is 0.500. The summed E-state index contributed by atoms with van der Waals surface area (Å²) in [6, 6.07) is 0. The molecule has 1 aromatic rings. The van der Waals surface area contributed by atoms with Crippen molar-refractivity contribution < 1.29 is 20.1 Å². The molecule has 0 aromatic carbocycles. The van der Waals surface area contributed by atoms with E-state index in [9.17, 15) is 19.8 Å². The van der Waals surface area contributed by atoms with Gasteiger partial charge in [-0.1, -0.05) is 0 Å². The third-order valence-electron chi connectivity index (χ3n) is 3.00. The number of ether oxygens (including phenoxy) is 1. The van der Waals surface area contributed by atoms with Gasteiger partial charge in [-0.05, 0) is 0 Å². The molecule has 1 fully saturated rings. The van der Waals surface area contributed by atoms with E-state index in [1.807, 2.05) is 4.98 Å². The van der Waals surface area contributed by atoms with Crippen molar-refractivity contribution in [2.24, 2.45) is 10.9 Å². The number of aliphatic hydroxyl groups excluding tert-OH is 3. The lowest BCUT2D eigenvalue weighted by atomic mass is 10.1. The molecule has 4 atom stereocenters. The van der Waals surface area contributed by atoms with Crippen LogP contribution in [0.25, 0.3) is 0 Å². The Morgan fingerprint density at radius 3 is 2.70 bits per heavy atom. The molecule has 1 aliphatic heterocycles. The summed E-state index contributed by atoms with van der Waals surface area (Å²) in [5.74, 6) is 4.94. The molecule has 10 nitrogen and oxygen atoms in total. The lowest BCUT2D eigenvalue weighted by Crippen LogP contribution is -2.38. The highest BCUT2D eigenvalue weighted by molar-refractivity contribution is 5.78. The van der Waals surface area contributed by atoms with Gasteiger partial charge in [-0.15, -0.1) is 0 Å². The molecule has 0 saturated carbocycles. The predicted octanol–water partition coefficient (Wildman–Crippen LogP) is -3.56. The molecule has 1 unspecified atom stereocenters. The van der Waals surface area contributed by atoms with E-state index in [2.05, 4.69) is 5.10 Å². The third-order valence-corrected chi connectivity index (χ3v) is 3.00. The first-order valence-electron chi connectivity index (χ1n) is 5.70. The second-order valence-corrected chi connectivity index (χ2v) is 4.26. The molecule has 10 heteroatoms. The zero-order chi connectivity index (χ0) is 14.9. The van der Waals surface area contributed by atoms with Gasteiger partial charge in [0.05, 0.1) is 18.4 Å². The fourth-order valence-corrected chi connectivity index (χ4v) is 1.97. The summed E-state index contributed by atoms with van der Waals surface area (Å²) in [6.07, 6.45) is -2.93. The summed E-state index contributed by atoms with van der Waals surface area (Å²) >= 11 is 0. The van der Waals surface area contributed by atoms with Crippen LogP contribution in [-0.2, 0) is 4.74 Å². The van der Waals surface area contributed by atoms with Gasteiger partial charge in [-0.2, -0.15) is 5.10 Å². The highest BCUT2D eigenvalue weighted by atomic mass is 16.6. The summed E-state index contributed by atoms with van der Waals surface area (Å²) in [4.78, 5) is 25.2. The minimum absolute atomic E-state index is 0.0233. The number of H-pyrrole nitrogens is 1. The average molecular weight is 286 g/mol. The van der Waals surface area contributed by atoms with Crippen LogP contribution in [0.3, 0.4) is 0 Å². The number of nitrogens with zero attached hydrogens (tertiary/aromatic N) is 2. The molecule has 2 heterocycles. The summed E-state index contributed by atoms with van der Waals surface area (Å²) in [5.41, 5.74) is -1.56. The molecule has 6 N–H and O–H groups in total. The standard InChI is InChI=1S/C10H14N4O6/c11-12-1-4-2-14(10(19)13-8(4)18)9-7(17)6(16)5(3-15)20-9/h1-2,5-7,9,15-17H,3,11H2,(H,13,18,19)/t5-,6-,7-,9?/m1/s1. The minimum Gasteiger partial charge on any atom is -0.394 e. The van der Waals surface area contributed by atoms with Gasteiger partial charge in [0.15, 0.2) is 6.23 Å². The second kappa shape index (κ2) is 5.54. The van der Waals surface area contributed by atoms with E-state index in [0.717, 1.165) is 17.0 Å². The second-order valence-electron chi connectivity index (χ2n) is 4.26. The Morgan fingerprint density at radius 2 is 2.15 bits per heavy atom. The van der Waals surface area contributed by atoms with Gasteiger partial charge in [-0.25, -0.2) is 4.79 Å². The summed E-state index contributed by atoms with van der Waals surface area (Å²) in [7, 11) is 0. The molecule has 2 rings (SSSR count). The Morgan fingerprint density at radius 1 is 1.45 bits per heavy atom. The molecule has 20 heavy (non-hydrogen) atoms. The zero-order valence-electron chi connectivity index (χ0n) is 10.2. The normalized spacial score (nSPS) is 30.1. The number of aromatic amines is 1. The molecule has 0 bridgehead atoms. The van der Waals surface area contributed by atoms with Gasteiger partial charge in [0, 0.05) is 6.20 Å². The maximum absolute atomic E-state index is 11.7. The van der Waals surface area contributed by atoms with Crippen molar-refractivity contribution in [2.75, 3.05) is 6.61 Å². The van der Waals surface area contributed by atoms with Gasteiger partial charge < -0.3 is 25.9 Å². The molecule has 0 aliphatic carbocycles. The molecule has 1 saturated heterocycles. The minimum atomic E-state index is -1.43. The van der Waals surface area contributed by atoms with Gasteiger partial charge in [0.1, 0.15) is 18.3 Å². The van der Waals surface area contributed by atoms with Gasteiger partial charge in [0.25, 0.3) is 5.56 Å². The van der Waals surface area contributed by atoms with Crippen molar-refractivity contribution in [3.05, 3.63) is 32.6 Å². The van der Waals surface area contributed by atoms with E-state index in [0.29, 0.717) is 0 Å². The molecular weight excluding hydrogens is 272 g/mol. The first kappa shape index (κ1) is 14.4. The number of hydrogen-bond donors (Lipinski definition) is 5. The molecule has 0 amide bonds. The van der Waals surface area contributed by atoms with Crippen molar-refractivity contribution in [1.29, 1.82) is 0 Å². The quantitative estimate of drug-likeness (QED) is 0.218. The maximum atomic E-state index is 11.7. The van der Waals surface area contributed by atoms with E-state index in [-0.39, 0.29) is 5.56 Å².